The summed E-state index contributed by atoms with van der Waals surface area (Å²) in [7, 11) is 0. The van der Waals surface area contributed by atoms with Crippen molar-refractivity contribution in [3.63, 3.8) is 0 Å². The second-order valence-electron chi connectivity index (χ2n) is 6.17. The number of halogens is 1. The molecule has 0 aliphatic heterocycles. The van der Waals surface area contributed by atoms with E-state index in [-0.39, 0.29) is 6.61 Å². The Bertz CT molecular complexity index is 967. The quantitative estimate of drug-likeness (QED) is 0.547. The van der Waals surface area contributed by atoms with Crippen molar-refractivity contribution >= 4 is 29.8 Å². The van der Waals surface area contributed by atoms with Crippen LogP contribution in [0.1, 0.15) is 22.3 Å². The van der Waals surface area contributed by atoms with Crippen molar-refractivity contribution in [3.8, 4) is 11.1 Å². The van der Waals surface area contributed by atoms with E-state index in [4.69, 9.17) is 22.1 Å². The molecule has 0 unspecified atom stereocenters. The number of hydrogen-bond donors (Lipinski definition) is 1. The Hall–Kier alpha value is -3.04. The van der Waals surface area contributed by atoms with Crippen molar-refractivity contribution in [1.82, 2.24) is 0 Å². The van der Waals surface area contributed by atoms with Gasteiger partial charge in [0.15, 0.2) is 0 Å². The normalized spacial score (nSPS) is 10.9. The summed E-state index contributed by atoms with van der Waals surface area (Å²) < 4.78 is 5.12. The van der Waals surface area contributed by atoms with Gasteiger partial charge in [-0.25, -0.2) is 4.79 Å². The van der Waals surface area contributed by atoms with Gasteiger partial charge >= 0.3 is 6.09 Å². The van der Waals surface area contributed by atoms with E-state index < -0.39 is 6.09 Å². The number of aryl methyl sites for hydroxylation is 1. The van der Waals surface area contributed by atoms with Gasteiger partial charge in [-0.05, 0) is 29.2 Å². The van der Waals surface area contributed by atoms with Gasteiger partial charge in [0, 0.05) is 11.1 Å². The van der Waals surface area contributed by atoms with E-state index in [9.17, 15) is 4.79 Å². The molecule has 0 spiro atoms. The Balaban J connectivity index is 2.15. The van der Waals surface area contributed by atoms with E-state index in [1.165, 1.54) is 0 Å². The summed E-state index contributed by atoms with van der Waals surface area (Å²) in [4.78, 5) is 11.2. The minimum atomic E-state index is -0.816. The molecule has 3 nitrogen and oxygen atoms in total. The van der Waals surface area contributed by atoms with Gasteiger partial charge in [0.05, 0.1) is 5.02 Å². The van der Waals surface area contributed by atoms with Crippen LogP contribution in [0.4, 0.5) is 4.79 Å². The summed E-state index contributed by atoms with van der Waals surface area (Å²) in [6.45, 7) is 2.02. The Morgan fingerprint density at radius 3 is 2.30 bits per heavy atom. The summed E-state index contributed by atoms with van der Waals surface area (Å²) in [5.74, 6) is 0. The first-order chi connectivity index (χ1) is 13.1. The molecule has 27 heavy (non-hydrogen) atoms. The predicted octanol–water partition coefficient (Wildman–Crippen LogP) is 6.08. The summed E-state index contributed by atoms with van der Waals surface area (Å²) in [5.41, 5.74) is 10.8. The summed E-state index contributed by atoms with van der Waals surface area (Å²) in [6.07, 6.45) is 3.21. The summed E-state index contributed by atoms with van der Waals surface area (Å²) >= 11 is 6.64. The smallest absolute Gasteiger partial charge is 0.404 e. The van der Waals surface area contributed by atoms with Crippen molar-refractivity contribution < 1.29 is 9.53 Å². The molecule has 0 fully saturated rings. The number of carbonyl (C=O) groups is 1. The first-order valence-electron chi connectivity index (χ1n) is 8.59. The zero-order valence-electron chi connectivity index (χ0n) is 15.0. The van der Waals surface area contributed by atoms with E-state index in [0.717, 1.165) is 33.4 Å². The highest BCUT2D eigenvalue weighted by Crippen LogP contribution is 2.37. The molecule has 4 heteroatoms. The van der Waals surface area contributed by atoms with Crippen LogP contribution in [-0.2, 0) is 11.3 Å². The van der Waals surface area contributed by atoms with E-state index in [0.29, 0.717) is 5.02 Å². The highest BCUT2D eigenvalue weighted by atomic mass is 35.5. The Morgan fingerprint density at radius 2 is 1.67 bits per heavy atom. The maximum atomic E-state index is 11.2. The van der Waals surface area contributed by atoms with Gasteiger partial charge in [0.25, 0.3) is 0 Å². The monoisotopic (exact) mass is 377 g/mol. The number of rotatable bonds is 5. The fourth-order valence-electron chi connectivity index (χ4n) is 2.96. The molecule has 0 radical (unpaired) electrons. The lowest BCUT2D eigenvalue weighted by Crippen LogP contribution is -2.13. The average molecular weight is 378 g/mol. The first kappa shape index (κ1) is 18.7. The van der Waals surface area contributed by atoms with Crippen LogP contribution in [-0.4, -0.2) is 6.09 Å². The Kier molecular flexibility index (Phi) is 5.94. The molecule has 1 amide bonds. The standard InChI is InChI=1S/C23H20ClNO2/c1-16-14-19(13-12-17-8-4-2-5-9-17)20(15-27-23(25)26)21(22(16)24)18-10-6-3-7-11-18/h2-14H,15H2,1H3,(H2,25,26). The molecular weight excluding hydrogens is 358 g/mol. The Labute approximate surface area is 164 Å². The van der Waals surface area contributed by atoms with Gasteiger partial charge in [0.1, 0.15) is 6.61 Å². The number of hydrogen-bond acceptors (Lipinski definition) is 2. The molecule has 0 saturated carbocycles. The van der Waals surface area contributed by atoms with Crippen molar-refractivity contribution in [2.75, 3.05) is 0 Å². The molecular formula is C23H20ClNO2. The van der Waals surface area contributed by atoms with Gasteiger partial charge in [-0.2, -0.15) is 0 Å². The second-order valence-corrected chi connectivity index (χ2v) is 6.55. The lowest BCUT2D eigenvalue weighted by atomic mass is 9.92. The number of primary amides is 1. The maximum Gasteiger partial charge on any atom is 0.404 e. The number of ether oxygens (including phenoxy) is 1. The van der Waals surface area contributed by atoms with Crippen LogP contribution in [0.2, 0.25) is 5.02 Å². The van der Waals surface area contributed by atoms with E-state index in [1.54, 1.807) is 0 Å². The van der Waals surface area contributed by atoms with Crippen LogP contribution in [0.15, 0.2) is 66.7 Å². The van der Waals surface area contributed by atoms with Crippen LogP contribution >= 0.6 is 11.6 Å². The second kappa shape index (κ2) is 8.56. The lowest BCUT2D eigenvalue weighted by Gasteiger charge is -2.17. The molecule has 0 aliphatic rings. The van der Waals surface area contributed by atoms with E-state index >= 15 is 0 Å². The highest BCUT2D eigenvalue weighted by molar-refractivity contribution is 6.34. The maximum absolute atomic E-state index is 11.2. The number of amides is 1. The molecule has 2 N–H and O–H groups in total. The fourth-order valence-corrected chi connectivity index (χ4v) is 3.24. The molecule has 0 bridgehead atoms. The molecule has 136 valence electrons. The van der Waals surface area contributed by atoms with Gasteiger partial charge in [0.2, 0.25) is 0 Å². The van der Waals surface area contributed by atoms with E-state index in [2.05, 4.69) is 0 Å². The first-order valence-corrected chi connectivity index (χ1v) is 8.97. The molecule has 0 aliphatic carbocycles. The Morgan fingerprint density at radius 1 is 1.04 bits per heavy atom. The largest absolute Gasteiger partial charge is 0.445 e. The summed E-state index contributed by atoms with van der Waals surface area (Å²) in [6, 6.07) is 21.8. The minimum Gasteiger partial charge on any atom is -0.445 e. The van der Waals surface area contributed by atoms with Gasteiger partial charge in [-0.3, -0.25) is 0 Å². The number of carbonyl (C=O) groups excluding carboxylic acids is 1. The van der Waals surface area contributed by atoms with Gasteiger partial charge in [-0.15, -0.1) is 0 Å². The zero-order chi connectivity index (χ0) is 19.2. The average Bonchev–Trinajstić information content (AvgIpc) is 2.68. The topological polar surface area (TPSA) is 52.3 Å². The van der Waals surface area contributed by atoms with Gasteiger partial charge < -0.3 is 10.5 Å². The van der Waals surface area contributed by atoms with Crippen LogP contribution in [0.25, 0.3) is 23.3 Å². The predicted molar refractivity (Wildman–Crippen MR) is 111 cm³/mol. The third-order valence-corrected chi connectivity index (χ3v) is 4.75. The van der Waals surface area contributed by atoms with Crippen LogP contribution in [0.3, 0.4) is 0 Å². The molecule has 3 aromatic rings. The van der Waals surface area contributed by atoms with Crippen molar-refractivity contribution in [1.29, 1.82) is 0 Å². The minimum absolute atomic E-state index is 0.0496. The van der Waals surface area contributed by atoms with Crippen molar-refractivity contribution in [2.24, 2.45) is 5.73 Å². The van der Waals surface area contributed by atoms with Crippen LogP contribution < -0.4 is 5.73 Å². The fraction of sp³-hybridized carbons (Fsp3) is 0.0870. The zero-order valence-corrected chi connectivity index (χ0v) is 15.7. The van der Waals surface area contributed by atoms with Crippen LogP contribution in [0.5, 0.6) is 0 Å². The highest BCUT2D eigenvalue weighted by Gasteiger charge is 2.17. The lowest BCUT2D eigenvalue weighted by molar-refractivity contribution is 0.150. The SMILES string of the molecule is Cc1cc(C=Cc2ccccc2)c(COC(N)=O)c(-c2ccccc2)c1Cl. The molecule has 0 heterocycles. The molecule has 0 aromatic heterocycles. The van der Waals surface area contributed by atoms with Crippen molar-refractivity contribution in [2.45, 2.75) is 13.5 Å². The summed E-state index contributed by atoms with van der Waals surface area (Å²) in [5, 5.41) is 0.640. The third-order valence-electron chi connectivity index (χ3n) is 4.26. The third kappa shape index (κ3) is 4.57. The number of benzene rings is 3. The number of nitrogens with two attached hydrogens (primary N) is 1. The van der Waals surface area contributed by atoms with Gasteiger partial charge in [-0.1, -0.05) is 90.5 Å². The van der Waals surface area contributed by atoms with Crippen LogP contribution in [0, 0.1) is 6.92 Å². The molecule has 0 saturated heterocycles. The van der Waals surface area contributed by atoms with Crippen molar-refractivity contribution in [3.05, 3.63) is 94.0 Å². The molecule has 0 atom stereocenters. The van der Waals surface area contributed by atoms with E-state index in [1.807, 2.05) is 85.8 Å². The molecule has 3 rings (SSSR count). The molecule has 3 aromatic carbocycles.